The maximum Gasteiger partial charge on any atom is 0.410 e. The van der Waals surface area contributed by atoms with Crippen LogP contribution in [-0.4, -0.2) is 29.6 Å². The van der Waals surface area contributed by atoms with E-state index in [0.29, 0.717) is 13.1 Å². The molecule has 116 valence electrons. The van der Waals surface area contributed by atoms with E-state index < -0.39 is 11.6 Å². The van der Waals surface area contributed by atoms with Gasteiger partial charge >= 0.3 is 6.09 Å². The van der Waals surface area contributed by atoms with Gasteiger partial charge in [0, 0.05) is 5.69 Å². The van der Waals surface area contributed by atoms with Gasteiger partial charge in [-0.1, -0.05) is 48.5 Å². The quantitative estimate of drug-likeness (QED) is 0.943. The number of hydrogen-bond donors (Lipinski definition) is 1. The van der Waals surface area contributed by atoms with Crippen molar-refractivity contribution in [1.82, 2.24) is 4.90 Å². The minimum atomic E-state index is -0.743. The molecular weight excluding hydrogens is 290 g/mol. The van der Waals surface area contributed by atoms with E-state index in [1.54, 1.807) is 0 Å². The summed E-state index contributed by atoms with van der Waals surface area (Å²) < 4.78 is 5.27. The van der Waals surface area contributed by atoms with Crippen LogP contribution in [0.15, 0.2) is 60.7 Å². The average molecular weight is 307 g/mol. The lowest BCUT2D eigenvalue weighted by Gasteiger charge is -2.45. The average Bonchev–Trinajstić information content (AvgIpc) is 2.57. The fraction of sp³-hybridized carbons (Fsp3) is 0.222. The summed E-state index contributed by atoms with van der Waals surface area (Å²) in [6, 6.07) is 21.3. The number of likely N-dealkylation sites (tertiary alicyclic amines) is 1. The molecule has 0 aliphatic carbocycles. The summed E-state index contributed by atoms with van der Waals surface area (Å²) in [7, 11) is 0. The van der Waals surface area contributed by atoms with E-state index >= 15 is 0 Å². The van der Waals surface area contributed by atoms with Crippen LogP contribution in [0.4, 0.5) is 10.5 Å². The van der Waals surface area contributed by atoms with E-state index in [1.807, 2.05) is 60.7 Å². The summed E-state index contributed by atoms with van der Waals surface area (Å²) in [4.78, 5) is 13.6. The van der Waals surface area contributed by atoms with Crippen molar-refractivity contribution < 1.29 is 9.53 Å². The van der Waals surface area contributed by atoms with Crippen LogP contribution in [0.2, 0.25) is 0 Å². The highest BCUT2D eigenvalue weighted by Crippen LogP contribution is 2.26. The maximum absolute atomic E-state index is 12.0. The number of ether oxygens (including phenoxy) is 1. The second kappa shape index (κ2) is 6.41. The summed E-state index contributed by atoms with van der Waals surface area (Å²) in [5.74, 6) is 0. The van der Waals surface area contributed by atoms with E-state index in [0.717, 1.165) is 11.3 Å². The van der Waals surface area contributed by atoms with Crippen molar-refractivity contribution >= 4 is 11.8 Å². The molecule has 0 aromatic heterocycles. The van der Waals surface area contributed by atoms with E-state index in [1.165, 1.54) is 4.90 Å². The van der Waals surface area contributed by atoms with E-state index in [2.05, 4.69) is 11.4 Å². The van der Waals surface area contributed by atoms with E-state index in [4.69, 9.17) is 4.74 Å². The smallest absolute Gasteiger partial charge is 0.410 e. The highest BCUT2D eigenvalue weighted by molar-refractivity contribution is 5.70. The number of para-hydroxylation sites is 1. The highest BCUT2D eigenvalue weighted by atomic mass is 16.6. The number of benzene rings is 2. The zero-order valence-corrected chi connectivity index (χ0v) is 12.6. The molecule has 0 saturated carbocycles. The Balaban J connectivity index is 1.52. The number of nitriles is 1. The van der Waals surface area contributed by atoms with Crippen LogP contribution >= 0.6 is 0 Å². The van der Waals surface area contributed by atoms with Gasteiger partial charge in [-0.25, -0.2) is 4.79 Å². The number of carbonyl (C=O) groups is 1. The monoisotopic (exact) mass is 307 g/mol. The van der Waals surface area contributed by atoms with Gasteiger partial charge in [0.2, 0.25) is 0 Å². The summed E-state index contributed by atoms with van der Waals surface area (Å²) in [5.41, 5.74) is 1.06. The van der Waals surface area contributed by atoms with Gasteiger partial charge in [-0.05, 0) is 17.7 Å². The van der Waals surface area contributed by atoms with Crippen molar-refractivity contribution in [3.8, 4) is 6.07 Å². The molecule has 1 heterocycles. The van der Waals surface area contributed by atoms with Gasteiger partial charge in [0.1, 0.15) is 6.61 Å². The SMILES string of the molecule is N#CC1(Nc2ccccc2)CN(C(=O)OCc2ccccc2)C1. The number of rotatable bonds is 4. The normalized spacial score (nSPS) is 15.2. The molecule has 2 aromatic carbocycles. The molecule has 5 nitrogen and oxygen atoms in total. The minimum absolute atomic E-state index is 0.238. The Bertz CT molecular complexity index is 704. The van der Waals surface area contributed by atoms with Crippen molar-refractivity contribution in [2.45, 2.75) is 12.1 Å². The zero-order valence-electron chi connectivity index (χ0n) is 12.6. The number of nitrogens with zero attached hydrogens (tertiary/aromatic N) is 2. The van der Waals surface area contributed by atoms with E-state index in [-0.39, 0.29) is 6.61 Å². The Morgan fingerprint density at radius 3 is 2.35 bits per heavy atom. The molecule has 0 bridgehead atoms. The van der Waals surface area contributed by atoms with Crippen molar-refractivity contribution in [3.63, 3.8) is 0 Å². The third-order valence-electron chi connectivity index (χ3n) is 3.76. The molecule has 0 unspecified atom stereocenters. The van der Waals surface area contributed by atoms with Crippen LogP contribution in [-0.2, 0) is 11.3 Å². The zero-order chi connectivity index (χ0) is 16.1. The standard InChI is InChI=1S/C18H17N3O2/c19-12-18(20-16-9-5-2-6-10-16)13-21(14-18)17(22)23-11-15-7-3-1-4-8-15/h1-10,20H,11,13-14H2. The van der Waals surface area contributed by atoms with Gasteiger partial charge < -0.3 is 15.0 Å². The molecule has 0 radical (unpaired) electrons. The fourth-order valence-corrected chi connectivity index (χ4v) is 2.52. The molecule has 1 amide bonds. The predicted molar refractivity (Wildman–Crippen MR) is 86.6 cm³/mol. The first-order valence-corrected chi connectivity index (χ1v) is 7.41. The summed E-state index contributed by atoms with van der Waals surface area (Å²) in [6.07, 6.45) is -0.394. The number of hydrogen-bond acceptors (Lipinski definition) is 4. The molecule has 0 spiro atoms. The third kappa shape index (κ3) is 3.43. The van der Waals surface area contributed by atoms with Crippen LogP contribution < -0.4 is 5.32 Å². The number of anilines is 1. The Kier molecular flexibility index (Phi) is 4.15. The number of amides is 1. The molecule has 1 N–H and O–H groups in total. The number of nitrogens with one attached hydrogen (secondary N) is 1. The molecule has 2 aromatic rings. The first-order chi connectivity index (χ1) is 11.2. The van der Waals surface area contributed by atoms with Crippen molar-refractivity contribution in [3.05, 3.63) is 66.2 Å². The topological polar surface area (TPSA) is 65.4 Å². The van der Waals surface area contributed by atoms with Crippen molar-refractivity contribution in [1.29, 1.82) is 5.26 Å². The molecule has 23 heavy (non-hydrogen) atoms. The van der Waals surface area contributed by atoms with Gasteiger partial charge in [-0.3, -0.25) is 0 Å². The van der Waals surface area contributed by atoms with Crippen LogP contribution in [0.25, 0.3) is 0 Å². The van der Waals surface area contributed by atoms with Crippen LogP contribution in [0.5, 0.6) is 0 Å². The van der Waals surface area contributed by atoms with Gasteiger partial charge in [0.25, 0.3) is 0 Å². The number of carbonyl (C=O) groups excluding carboxylic acids is 1. The Morgan fingerprint density at radius 1 is 1.13 bits per heavy atom. The van der Waals surface area contributed by atoms with Crippen molar-refractivity contribution in [2.75, 3.05) is 18.4 Å². The molecule has 0 atom stereocenters. The first kappa shape index (κ1) is 14.9. The first-order valence-electron chi connectivity index (χ1n) is 7.41. The van der Waals surface area contributed by atoms with Crippen LogP contribution in [0.1, 0.15) is 5.56 Å². The van der Waals surface area contributed by atoms with Gasteiger partial charge in [0.05, 0.1) is 19.2 Å². The Labute approximate surface area is 135 Å². The van der Waals surface area contributed by atoms with Gasteiger partial charge in [-0.15, -0.1) is 0 Å². The largest absolute Gasteiger partial charge is 0.445 e. The molecule has 1 saturated heterocycles. The van der Waals surface area contributed by atoms with Crippen LogP contribution in [0, 0.1) is 11.3 Å². The molecular formula is C18H17N3O2. The highest BCUT2D eigenvalue weighted by Gasteiger charge is 2.46. The molecule has 1 aliphatic rings. The second-order valence-electron chi connectivity index (χ2n) is 5.58. The molecule has 1 fully saturated rings. The lowest BCUT2D eigenvalue weighted by atomic mass is 9.91. The summed E-state index contributed by atoms with van der Waals surface area (Å²) >= 11 is 0. The van der Waals surface area contributed by atoms with Crippen LogP contribution in [0.3, 0.4) is 0 Å². The van der Waals surface area contributed by atoms with Gasteiger partial charge in [-0.2, -0.15) is 5.26 Å². The lowest BCUT2D eigenvalue weighted by molar-refractivity contribution is 0.0577. The summed E-state index contributed by atoms with van der Waals surface area (Å²) in [5, 5.41) is 12.6. The Hall–Kier alpha value is -3.00. The van der Waals surface area contributed by atoms with E-state index in [9.17, 15) is 10.1 Å². The molecule has 1 aliphatic heterocycles. The molecule has 5 heteroatoms. The predicted octanol–water partition coefficient (Wildman–Crippen LogP) is 3.01. The fourth-order valence-electron chi connectivity index (χ4n) is 2.52. The lowest BCUT2D eigenvalue weighted by Crippen LogP contribution is -2.66. The Morgan fingerprint density at radius 2 is 1.74 bits per heavy atom. The van der Waals surface area contributed by atoms with Gasteiger partial charge in [0.15, 0.2) is 5.54 Å². The second-order valence-corrected chi connectivity index (χ2v) is 5.58. The summed E-state index contributed by atoms with van der Waals surface area (Å²) in [6.45, 7) is 0.861. The third-order valence-corrected chi connectivity index (χ3v) is 3.76. The minimum Gasteiger partial charge on any atom is -0.445 e. The van der Waals surface area contributed by atoms with Crippen molar-refractivity contribution in [2.24, 2.45) is 0 Å². The maximum atomic E-state index is 12.0. The molecule has 3 rings (SSSR count).